The minimum absolute atomic E-state index is 0.0323. The summed E-state index contributed by atoms with van der Waals surface area (Å²) < 4.78 is 29.8. The predicted octanol–water partition coefficient (Wildman–Crippen LogP) is 8.06. The molecule has 258 valence electrons. The fourth-order valence-electron chi connectivity index (χ4n) is 6.28. The van der Waals surface area contributed by atoms with E-state index in [-0.39, 0.29) is 35.7 Å². The number of hydrogen-bond acceptors (Lipinski definition) is 4. The van der Waals surface area contributed by atoms with Crippen molar-refractivity contribution >= 4 is 39.1 Å². The zero-order chi connectivity index (χ0) is 35.0. The lowest BCUT2D eigenvalue weighted by molar-refractivity contribution is -0.140. The number of sulfonamides is 1. The van der Waals surface area contributed by atoms with E-state index in [0.717, 1.165) is 58.7 Å². The SMILES string of the molecule is Cc1ccc(S(=O)(=O)N(CC(=O)N(Cc2ccc(Cl)cc2)[C@@H](Cc2ccccc2)C(=O)NC2CCCCC2)c2ccc(C(C)C)cc2)cc1. The molecule has 0 saturated heterocycles. The zero-order valence-corrected chi connectivity index (χ0v) is 30.1. The Balaban J connectivity index is 1.56. The van der Waals surface area contributed by atoms with Crippen LogP contribution in [0.5, 0.6) is 0 Å². The number of amides is 2. The van der Waals surface area contributed by atoms with Crippen LogP contribution in [0.4, 0.5) is 5.69 Å². The van der Waals surface area contributed by atoms with Gasteiger partial charge >= 0.3 is 0 Å². The second kappa shape index (κ2) is 16.5. The van der Waals surface area contributed by atoms with Crippen LogP contribution in [0.15, 0.2) is 108 Å². The Bertz CT molecular complexity index is 1790. The molecule has 4 aromatic carbocycles. The van der Waals surface area contributed by atoms with Crippen LogP contribution in [0.2, 0.25) is 5.02 Å². The molecular weight excluding hydrogens is 654 g/mol. The minimum Gasteiger partial charge on any atom is -0.352 e. The van der Waals surface area contributed by atoms with Gasteiger partial charge in [0.15, 0.2) is 0 Å². The summed E-state index contributed by atoms with van der Waals surface area (Å²) in [5.74, 6) is -0.486. The summed E-state index contributed by atoms with van der Waals surface area (Å²) in [5, 5.41) is 3.80. The van der Waals surface area contributed by atoms with Gasteiger partial charge in [0.2, 0.25) is 11.8 Å². The average Bonchev–Trinajstić information content (AvgIpc) is 3.10. The molecule has 0 unspecified atom stereocenters. The Morgan fingerprint density at radius 3 is 2.06 bits per heavy atom. The molecule has 0 aliphatic heterocycles. The number of nitrogens with zero attached hydrogens (tertiary/aromatic N) is 2. The molecule has 1 saturated carbocycles. The van der Waals surface area contributed by atoms with E-state index in [4.69, 9.17) is 11.6 Å². The van der Waals surface area contributed by atoms with Crippen LogP contribution in [-0.4, -0.2) is 43.8 Å². The Morgan fingerprint density at radius 2 is 1.45 bits per heavy atom. The standard InChI is InChI=1S/C40H46ClN3O4S/c1-29(2)33-18-22-36(23-19-33)44(49(47,48)37-24-14-30(3)15-25-37)28-39(45)43(27-32-16-20-34(41)21-17-32)38(26-31-10-6-4-7-11-31)40(46)42-35-12-8-5-9-13-35/h4,6-7,10-11,14-25,29,35,38H,5,8-9,12-13,26-28H2,1-3H3,(H,42,46)/t38-/m0/s1. The van der Waals surface area contributed by atoms with Crippen LogP contribution in [0, 0.1) is 6.92 Å². The first kappa shape index (κ1) is 36.1. The topological polar surface area (TPSA) is 86.8 Å². The molecule has 0 radical (unpaired) electrons. The number of carbonyl (C=O) groups excluding carboxylic acids is 2. The highest BCUT2D eigenvalue weighted by Crippen LogP contribution is 2.28. The van der Waals surface area contributed by atoms with Crippen molar-refractivity contribution in [1.82, 2.24) is 10.2 Å². The highest BCUT2D eigenvalue weighted by molar-refractivity contribution is 7.92. The van der Waals surface area contributed by atoms with E-state index in [9.17, 15) is 18.0 Å². The van der Waals surface area contributed by atoms with Gasteiger partial charge in [-0.05, 0) is 78.8 Å². The molecule has 7 nitrogen and oxygen atoms in total. The minimum atomic E-state index is -4.17. The fraction of sp³-hybridized carbons (Fsp3) is 0.350. The highest BCUT2D eigenvalue weighted by Gasteiger charge is 2.35. The third kappa shape index (κ3) is 9.52. The summed E-state index contributed by atoms with van der Waals surface area (Å²) in [6.45, 7) is 5.63. The molecule has 4 aromatic rings. The molecule has 0 spiro atoms. The fourth-order valence-corrected chi connectivity index (χ4v) is 7.82. The van der Waals surface area contributed by atoms with Crippen molar-refractivity contribution in [2.75, 3.05) is 10.8 Å². The third-order valence-electron chi connectivity index (χ3n) is 9.22. The summed E-state index contributed by atoms with van der Waals surface area (Å²) in [6, 6.07) is 29.8. The van der Waals surface area contributed by atoms with Crippen LogP contribution in [0.3, 0.4) is 0 Å². The molecule has 5 rings (SSSR count). The maximum atomic E-state index is 14.7. The zero-order valence-electron chi connectivity index (χ0n) is 28.5. The van der Waals surface area contributed by atoms with Gasteiger partial charge in [-0.2, -0.15) is 0 Å². The van der Waals surface area contributed by atoms with Gasteiger partial charge in [-0.3, -0.25) is 13.9 Å². The van der Waals surface area contributed by atoms with Gasteiger partial charge in [-0.25, -0.2) is 8.42 Å². The molecule has 2 amide bonds. The molecule has 9 heteroatoms. The summed E-state index contributed by atoms with van der Waals surface area (Å²) in [5.41, 5.74) is 4.01. The second-order valence-electron chi connectivity index (χ2n) is 13.3. The molecule has 1 aliphatic rings. The third-order valence-corrected chi connectivity index (χ3v) is 11.3. The molecule has 1 aliphatic carbocycles. The van der Waals surface area contributed by atoms with Gasteiger partial charge in [-0.15, -0.1) is 0 Å². The van der Waals surface area contributed by atoms with Crippen LogP contribution in [0.25, 0.3) is 0 Å². The van der Waals surface area contributed by atoms with Crippen molar-refractivity contribution in [2.45, 2.75) is 88.7 Å². The van der Waals surface area contributed by atoms with E-state index in [2.05, 4.69) is 19.2 Å². The maximum Gasteiger partial charge on any atom is 0.264 e. The Labute approximate surface area is 296 Å². The number of anilines is 1. The number of benzene rings is 4. The maximum absolute atomic E-state index is 14.7. The van der Waals surface area contributed by atoms with Crippen molar-refractivity contribution in [2.24, 2.45) is 0 Å². The molecule has 1 fully saturated rings. The first-order chi connectivity index (χ1) is 23.5. The number of carbonyl (C=O) groups is 2. The molecule has 1 N–H and O–H groups in total. The van der Waals surface area contributed by atoms with Crippen LogP contribution in [0.1, 0.15) is 74.1 Å². The lowest BCUT2D eigenvalue weighted by atomic mass is 9.94. The number of hydrogen-bond donors (Lipinski definition) is 1. The Hall–Kier alpha value is -4.14. The summed E-state index contributed by atoms with van der Waals surface area (Å²) in [4.78, 5) is 30.6. The summed E-state index contributed by atoms with van der Waals surface area (Å²) in [6.07, 6.45) is 5.29. The van der Waals surface area contributed by atoms with Crippen molar-refractivity contribution in [3.63, 3.8) is 0 Å². The van der Waals surface area contributed by atoms with Gasteiger partial charge in [0.1, 0.15) is 12.6 Å². The molecule has 0 bridgehead atoms. The molecule has 49 heavy (non-hydrogen) atoms. The van der Waals surface area contributed by atoms with Gasteiger partial charge in [-0.1, -0.05) is 117 Å². The van der Waals surface area contributed by atoms with Crippen molar-refractivity contribution in [3.8, 4) is 0 Å². The first-order valence-electron chi connectivity index (χ1n) is 17.1. The molecule has 1 atom stereocenters. The highest BCUT2D eigenvalue weighted by atomic mass is 35.5. The normalized spacial score (nSPS) is 14.3. The van der Waals surface area contributed by atoms with Gasteiger partial charge in [0.05, 0.1) is 10.6 Å². The van der Waals surface area contributed by atoms with Crippen LogP contribution < -0.4 is 9.62 Å². The van der Waals surface area contributed by atoms with E-state index in [1.54, 1.807) is 48.5 Å². The van der Waals surface area contributed by atoms with E-state index < -0.39 is 28.5 Å². The van der Waals surface area contributed by atoms with E-state index in [1.807, 2.05) is 61.5 Å². The van der Waals surface area contributed by atoms with Crippen molar-refractivity contribution in [1.29, 1.82) is 0 Å². The lowest BCUT2D eigenvalue weighted by Crippen LogP contribution is -2.55. The average molecular weight is 700 g/mol. The van der Waals surface area contributed by atoms with Crippen molar-refractivity contribution < 1.29 is 18.0 Å². The quantitative estimate of drug-likeness (QED) is 0.153. The number of nitrogens with one attached hydrogen (secondary N) is 1. The summed E-state index contributed by atoms with van der Waals surface area (Å²) in [7, 11) is -4.17. The van der Waals surface area contributed by atoms with Crippen LogP contribution >= 0.6 is 11.6 Å². The molecular formula is C40H46ClN3O4S. The van der Waals surface area contributed by atoms with E-state index in [0.29, 0.717) is 10.7 Å². The lowest BCUT2D eigenvalue weighted by Gasteiger charge is -2.35. The Kier molecular flexibility index (Phi) is 12.2. The van der Waals surface area contributed by atoms with E-state index >= 15 is 0 Å². The van der Waals surface area contributed by atoms with Gasteiger partial charge in [0, 0.05) is 24.0 Å². The largest absolute Gasteiger partial charge is 0.352 e. The van der Waals surface area contributed by atoms with Gasteiger partial charge in [0.25, 0.3) is 10.0 Å². The monoisotopic (exact) mass is 699 g/mol. The van der Waals surface area contributed by atoms with Crippen LogP contribution in [-0.2, 0) is 32.6 Å². The predicted molar refractivity (Wildman–Crippen MR) is 197 cm³/mol. The number of rotatable bonds is 13. The smallest absolute Gasteiger partial charge is 0.264 e. The second-order valence-corrected chi connectivity index (χ2v) is 15.6. The van der Waals surface area contributed by atoms with E-state index in [1.165, 1.54) is 4.90 Å². The van der Waals surface area contributed by atoms with Crippen molar-refractivity contribution in [3.05, 3.63) is 130 Å². The molecule has 0 aromatic heterocycles. The number of aryl methyl sites for hydroxylation is 1. The summed E-state index contributed by atoms with van der Waals surface area (Å²) >= 11 is 6.21. The van der Waals surface area contributed by atoms with Gasteiger partial charge < -0.3 is 10.2 Å². The number of halogens is 1. The Morgan fingerprint density at radius 1 is 0.816 bits per heavy atom. The first-order valence-corrected chi connectivity index (χ1v) is 18.9. The molecule has 0 heterocycles.